The molecule has 0 saturated carbocycles. The molecule has 1 aromatic heterocycles. The molecule has 8 heteroatoms. The molecule has 4 nitrogen and oxygen atoms in total. The second-order valence-electron chi connectivity index (χ2n) is 5.00. The zero-order valence-electron chi connectivity index (χ0n) is 12.5. The molecule has 0 bridgehead atoms. The number of thiazole rings is 1. The topological polar surface area (TPSA) is 37.4 Å². The molecule has 2 heterocycles. The van der Waals surface area contributed by atoms with Gasteiger partial charge in [-0.05, 0) is 24.3 Å². The molecule has 0 aliphatic carbocycles. The number of nitrogens with zero attached hydrogens (tertiary/aromatic N) is 2. The Morgan fingerprint density at radius 3 is 2.57 bits per heavy atom. The van der Waals surface area contributed by atoms with Crippen LogP contribution in [0.15, 0.2) is 29.6 Å². The number of benzene rings is 1. The maximum Gasteiger partial charge on any atom is 0.140 e. The Morgan fingerprint density at radius 2 is 1.87 bits per heavy atom. The lowest BCUT2D eigenvalue weighted by atomic mass is 10.3. The Morgan fingerprint density at radius 1 is 1.17 bits per heavy atom. The average Bonchev–Trinajstić information content (AvgIpc) is 2.95. The largest absolute Gasteiger partial charge is 0.486 e. The van der Waals surface area contributed by atoms with Gasteiger partial charge in [0.25, 0.3) is 0 Å². The van der Waals surface area contributed by atoms with Crippen molar-refractivity contribution in [2.24, 2.45) is 0 Å². The Kier molecular flexibility index (Phi) is 8.79. The highest BCUT2D eigenvalue weighted by Crippen LogP contribution is 2.16. The van der Waals surface area contributed by atoms with Gasteiger partial charge in [0.2, 0.25) is 0 Å². The minimum absolute atomic E-state index is 0. The summed E-state index contributed by atoms with van der Waals surface area (Å²) in [6.07, 6.45) is 0. The first-order valence-electron chi connectivity index (χ1n) is 7.04. The first-order valence-corrected chi connectivity index (χ1v) is 7.92. The van der Waals surface area contributed by atoms with Crippen LogP contribution in [-0.2, 0) is 13.2 Å². The van der Waals surface area contributed by atoms with Crippen molar-refractivity contribution >= 4 is 36.2 Å². The van der Waals surface area contributed by atoms with Crippen LogP contribution in [0.1, 0.15) is 10.7 Å². The van der Waals surface area contributed by atoms with Crippen LogP contribution in [0.25, 0.3) is 0 Å². The molecule has 1 aromatic carbocycles. The molecule has 1 aliphatic heterocycles. The summed E-state index contributed by atoms with van der Waals surface area (Å²) in [5.41, 5.74) is 1.10. The highest BCUT2D eigenvalue weighted by molar-refractivity contribution is 7.09. The second-order valence-corrected chi connectivity index (χ2v) is 5.94. The fraction of sp³-hybridized carbons (Fsp3) is 0.400. The quantitative estimate of drug-likeness (QED) is 0.865. The third kappa shape index (κ3) is 6.24. The highest BCUT2D eigenvalue weighted by Gasteiger charge is 2.12. The van der Waals surface area contributed by atoms with Crippen molar-refractivity contribution in [2.45, 2.75) is 13.2 Å². The van der Waals surface area contributed by atoms with Gasteiger partial charge in [0.05, 0.1) is 5.69 Å². The number of rotatable bonds is 5. The standard InChI is InChI=1S/C15H18FN3OS.2ClH/c16-12-1-3-14(4-2-12)20-10-15-18-13(11-21-15)9-19-7-5-17-6-8-19;;/h1-4,11,17H,5-10H2;2*1H. The fourth-order valence-corrected chi connectivity index (χ4v) is 2.96. The number of halogens is 3. The molecule has 1 N–H and O–H groups in total. The van der Waals surface area contributed by atoms with Crippen molar-refractivity contribution in [3.8, 4) is 5.75 Å². The van der Waals surface area contributed by atoms with Gasteiger partial charge in [-0.1, -0.05) is 0 Å². The summed E-state index contributed by atoms with van der Waals surface area (Å²) < 4.78 is 18.4. The highest BCUT2D eigenvalue weighted by atomic mass is 35.5. The molecule has 2 aromatic rings. The number of ether oxygens (including phenoxy) is 1. The average molecular weight is 380 g/mol. The van der Waals surface area contributed by atoms with Gasteiger partial charge in [0.1, 0.15) is 23.2 Å². The molecule has 0 radical (unpaired) electrons. The summed E-state index contributed by atoms with van der Waals surface area (Å²) >= 11 is 1.61. The van der Waals surface area contributed by atoms with Crippen molar-refractivity contribution in [3.05, 3.63) is 46.2 Å². The Bertz CT molecular complexity index is 576. The van der Waals surface area contributed by atoms with E-state index in [1.54, 1.807) is 23.5 Å². The Labute approximate surface area is 151 Å². The summed E-state index contributed by atoms with van der Waals surface area (Å²) in [6, 6.07) is 6.05. The summed E-state index contributed by atoms with van der Waals surface area (Å²) in [4.78, 5) is 6.99. The number of piperazine rings is 1. The summed E-state index contributed by atoms with van der Waals surface area (Å²) in [7, 11) is 0. The van der Waals surface area contributed by atoms with Crippen molar-refractivity contribution < 1.29 is 9.13 Å². The van der Waals surface area contributed by atoms with Crippen LogP contribution in [0.2, 0.25) is 0 Å². The molecule has 3 rings (SSSR count). The van der Waals surface area contributed by atoms with Crippen LogP contribution in [0.4, 0.5) is 4.39 Å². The van der Waals surface area contributed by atoms with Gasteiger partial charge >= 0.3 is 0 Å². The normalized spacial score (nSPS) is 14.7. The van der Waals surface area contributed by atoms with Crippen molar-refractivity contribution in [1.82, 2.24) is 15.2 Å². The second kappa shape index (κ2) is 10.1. The SMILES string of the molecule is Cl.Cl.Fc1ccc(OCc2nc(CN3CCNCC3)cs2)cc1. The third-order valence-corrected chi connectivity index (χ3v) is 4.24. The molecule has 0 atom stereocenters. The van der Waals surface area contributed by atoms with E-state index in [1.165, 1.54) is 12.1 Å². The van der Waals surface area contributed by atoms with Gasteiger partial charge in [0, 0.05) is 38.1 Å². The van der Waals surface area contributed by atoms with Crippen LogP contribution < -0.4 is 10.1 Å². The fourth-order valence-electron chi connectivity index (χ4n) is 2.26. The molecule has 1 aliphatic rings. The van der Waals surface area contributed by atoms with E-state index in [4.69, 9.17) is 4.74 Å². The summed E-state index contributed by atoms with van der Waals surface area (Å²) in [5, 5.41) is 6.38. The Balaban J connectivity index is 0.00000132. The molecule has 23 heavy (non-hydrogen) atoms. The number of hydrogen-bond donors (Lipinski definition) is 1. The number of nitrogens with one attached hydrogen (secondary N) is 1. The van der Waals surface area contributed by atoms with Gasteiger partial charge in [-0.15, -0.1) is 36.2 Å². The van der Waals surface area contributed by atoms with Gasteiger partial charge in [0.15, 0.2) is 0 Å². The monoisotopic (exact) mass is 379 g/mol. The lowest BCUT2D eigenvalue weighted by Gasteiger charge is -2.26. The van der Waals surface area contributed by atoms with Crippen molar-refractivity contribution in [3.63, 3.8) is 0 Å². The molecule has 1 saturated heterocycles. The predicted octanol–water partition coefficient (Wildman–Crippen LogP) is 3.11. The van der Waals surface area contributed by atoms with Gasteiger partial charge in [-0.3, -0.25) is 4.90 Å². The van der Waals surface area contributed by atoms with E-state index in [1.807, 2.05) is 0 Å². The van der Waals surface area contributed by atoms with Gasteiger partial charge in [-0.25, -0.2) is 9.37 Å². The number of aromatic nitrogens is 1. The molecular weight excluding hydrogens is 360 g/mol. The predicted molar refractivity (Wildman–Crippen MR) is 95.5 cm³/mol. The van der Waals surface area contributed by atoms with E-state index in [-0.39, 0.29) is 30.6 Å². The minimum atomic E-state index is -0.255. The van der Waals surface area contributed by atoms with E-state index < -0.39 is 0 Å². The van der Waals surface area contributed by atoms with E-state index in [0.717, 1.165) is 43.4 Å². The Hall–Kier alpha value is -0.920. The van der Waals surface area contributed by atoms with E-state index in [0.29, 0.717) is 12.4 Å². The maximum atomic E-state index is 12.8. The van der Waals surface area contributed by atoms with Crippen molar-refractivity contribution in [1.29, 1.82) is 0 Å². The zero-order chi connectivity index (χ0) is 14.5. The van der Waals surface area contributed by atoms with Crippen molar-refractivity contribution in [2.75, 3.05) is 26.2 Å². The number of hydrogen-bond acceptors (Lipinski definition) is 5. The van der Waals surface area contributed by atoms with Crippen LogP contribution in [-0.4, -0.2) is 36.1 Å². The van der Waals surface area contributed by atoms with E-state index >= 15 is 0 Å². The van der Waals surface area contributed by atoms with Gasteiger partial charge < -0.3 is 10.1 Å². The molecular formula is C15H20Cl2FN3OS. The minimum Gasteiger partial charge on any atom is -0.486 e. The van der Waals surface area contributed by atoms with Gasteiger partial charge in [-0.2, -0.15) is 0 Å². The maximum absolute atomic E-state index is 12.8. The summed E-state index contributed by atoms with van der Waals surface area (Å²) in [6.45, 7) is 5.56. The first-order chi connectivity index (χ1) is 10.3. The summed E-state index contributed by atoms with van der Waals surface area (Å²) in [5.74, 6) is 0.408. The zero-order valence-corrected chi connectivity index (χ0v) is 15.0. The lowest BCUT2D eigenvalue weighted by molar-refractivity contribution is 0.230. The molecule has 0 unspecified atom stereocenters. The first kappa shape index (κ1) is 20.1. The van der Waals surface area contributed by atoms with E-state index in [2.05, 4.69) is 20.6 Å². The third-order valence-electron chi connectivity index (χ3n) is 3.37. The van der Waals surface area contributed by atoms with E-state index in [9.17, 15) is 4.39 Å². The molecule has 0 spiro atoms. The molecule has 1 fully saturated rings. The van der Waals surface area contributed by atoms with Crippen LogP contribution in [0.5, 0.6) is 5.75 Å². The van der Waals surface area contributed by atoms with Crippen LogP contribution >= 0.6 is 36.2 Å². The molecule has 128 valence electrons. The molecule has 0 amide bonds. The lowest BCUT2D eigenvalue weighted by Crippen LogP contribution is -2.42. The van der Waals surface area contributed by atoms with Crippen LogP contribution in [0, 0.1) is 5.82 Å². The van der Waals surface area contributed by atoms with Crippen LogP contribution in [0.3, 0.4) is 0 Å². The smallest absolute Gasteiger partial charge is 0.140 e.